The second-order valence-electron chi connectivity index (χ2n) is 11.5. The minimum absolute atomic E-state index is 0.117. The van der Waals surface area contributed by atoms with Crippen molar-refractivity contribution in [2.75, 3.05) is 39.1 Å². The van der Waals surface area contributed by atoms with E-state index in [1.54, 1.807) is 12.0 Å². The second kappa shape index (κ2) is 14.9. The number of hydrogen-bond acceptors (Lipinski definition) is 7. The van der Waals surface area contributed by atoms with Gasteiger partial charge in [-0.3, -0.25) is 0 Å². The zero-order chi connectivity index (χ0) is 30.0. The number of para-hydroxylation sites is 2. The van der Waals surface area contributed by atoms with Gasteiger partial charge in [-0.05, 0) is 57.0 Å². The standard InChI is InChI=1S/C34H44N2O6/c1-34(2,3)42-33(37)36-19-18-29(32(22-36)41-24-26-10-5-7-12-30(26)35)25-14-16-28(17-15-25)40-21-9-20-39-23-27-11-6-8-13-31(27)38-4/h5-8,10-17,29,32H,9,18-24,35H2,1-4H3. The predicted molar refractivity (Wildman–Crippen MR) is 164 cm³/mol. The van der Waals surface area contributed by atoms with E-state index in [1.165, 1.54) is 0 Å². The van der Waals surface area contributed by atoms with Gasteiger partial charge in [0.1, 0.15) is 17.1 Å². The van der Waals surface area contributed by atoms with E-state index >= 15 is 0 Å². The van der Waals surface area contributed by atoms with Crippen LogP contribution in [0.1, 0.15) is 56.2 Å². The van der Waals surface area contributed by atoms with Gasteiger partial charge in [-0.1, -0.05) is 48.5 Å². The van der Waals surface area contributed by atoms with Crippen molar-refractivity contribution in [2.45, 2.75) is 64.4 Å². The third-order valence-corrected chi connectivity index (χ3v) is 7.18. The summed E-state index contributed by atoms with van der Waals surface area (Å²) < 4.78 is 29.2. The Morgan fingerprint density at radius 3 is 2.36 bits per heavy atom. The normalized spacial score (nSPS) is 17.1. The molecule has 42 heavy (non-hydrogen) atoms. The van der Waals surface area contributed by atoms with Crippen LogP contribution in [0.2, 0.25) is 0 Å². The van der Waals surface area contributed by atoms with Crippen LogP contribution < -0.4 is 15.2 Å². The monoisotopic (exact) mass is 576 g/mol. The summed E-state index contributed by atoms with van der Waals surface area (Å²) in [5.41, 5.74) is 9.41. The van der Waals surface area contributed by atoms with Crippen LogP contribution in [0.3, 0.4) is 0 Å². The number of nitrogen functional groups attached to an aromatic ring is 1. The smallest absolute Gasteiger partial charge is 0.410 e. The maximum Gasteiger partial charge on any atom is 0.410 e. The highest BCUT2D eigenvalue weighted by Crippen LogP contribution is 2.33. The summed E-state index contributed by atoms with van der Waals surface area (Å²) in [5.74, 6) is 1.76. The Kier molecular flexibility index (Phi) is 11.1. The summed E-state index contributed by atoms with van der Waals surface area (Å²) in [6.07, 6.45) is 1.01. The Balaban J connectivity index is 1.31. The van der Waals surface area contributed by atoms with Gasteiger partial charge in [-0.25, -0.2) is 4.79 Å². The van der Waals surface area contributed by atoms with Crippen molar-refractivity contribution < 1.29 is 28.5 Å². The summed E-state index contributed by atoms with van der Waals surface area (Å²) in [7, 11) is 1.67. The molecule has 8 heteroatoms. The number of methoxy groups -OCH3 is 1. The molecule has 2 atom stereocenters. The van der Waals surface area contributed by atoms with Crippen LogP contribution in [0.4, 0.5) is 10.5 Å². The van der Waals surface area contributed by atoms with Gasteiger partial charge in [0.25, 0.3) is 0 Å². The Hall–Kier alpha value is -3.75. The lowest BCUT2D eigenvalue weighted by Crippen LogP contribution is -2.48. The lowest BCUT2D eigenvalue weighted by molar-refractivity contribution is -0.0358. The highest BCUT2D eigenvalue weighted by molar-refractivity contribution is 5.68. The van der Waals surface area contributed by atoms with Gasteiger partial charge in [-0.2, -0.15) is 0 Å². The Bertz CT molecular complexity index is 1270. The van der Waals surface area contributed by atoms with Crippen molar-refractivity contribution in [3.05, 3.63) is 89.5 Å². The van der Waals surface area contributed by atoms with Crippen molar-refractivity contribution in [3.63, 3.8) is 0 Å². The zero-order valence-electron chi connectivity index (χ0n) is 25.2. The lowest BCUT2D eigenvalue weighted by atomic mass is 9.87. The molecule has 0 saturated carbocycles. The molecule has 0 radical (unpaired) electrons. The highest BCUT2D eigenvalue weighted by Gasteiger charge is 2.35. The van der Waals surface area contributed by atoms with Gasteiger partial charge >= 0.3 is 6.09 Å². The van der Waals surface area contributed by atoms with E-state index in [0.29, 0.717) is 45.2 Å². The van der Waals surface area contributed by atoms with Crippen molar-refractivity contribution in [2.24, 2.45) is 0 Å². The van der Waals surface area contributed by atoms with Crippen molar-refractivity contribution in [3.8, 4) is 11.5 Å². The molecule has 1 heterocycles. The number of carbonyl (C=O) groups excluding carboxylic acids is 1. The maximum atomic E-state index is 12.8. The topological polar surface area (TPSA) is 92.5 Å². The molecule has 1 aliphatic heterocycles. The van der Waals surface area contributed by atoms with Gasteiger partial charge in [0, 0.05) is 35.7 Å². The first kappa shape index (κ1) is 31.2. The van der Waals surface area contributed by atoms with E-state index in [1.807, 2.05) is 81.4 Å². The summed E-state index contributed by atoms with van der Waals surface area (Å²) in [4.78, 5) is 14.6. The van der Waals surface area contributed by atoms with Crippen LogP contribution in [-0.2, 0) is 27.4 Å². The molecule has 1 aliphatic rings. The highest BCUT2D eigenvalue weighted by atomic mass is 16.6. The van der Waals surface area contributed by atoms with E-state index in [-0.39, 0.29) is 18.1 Å². The molecule has 0 spiro atoms. The van der Waals surface area contributed by atoms with Crippen LogP contribution in [0, 0.1) is 0 Å². The number of hydrogen-bond donors (Lipinski definition) is 1. The fraction of sp³-hybridized carbons (Fsp3) is 0.441. The molecule has 2 N–H and O–H groups in total. The number of piperidine rings is 1. The number of rotatable bonds is 12. The largest absolute Gasteiger partial charge is 0.496 e. The van der Waals surface area contributed by atoms with Gasteiger partial charge in [-0.15, -0.1) is 0 Å². The van der Waals surface area contributed by atoms with Crippen molar-refractivity contribution in [1.82, 2.24) is 4.90 Å². The number of carbonyl (C=O) groups is 1. The molecule has 2 unspecified atom stereocenters. The van der Waals surface area contributed by atoms with Crippen LogP contribution in [-0.4, -0.2) is 56.1 Å². The van der Waals surface area contributed by atoms with Gasteiger partial charge in [0.05, 0.1) is 46.2 Å². The Labute approximate surface area is 249 Å². The van der Waals surface area contributed by atoms with Crippen LogP contribution in [0.25, 0.3) is 0 Å². The molecule has 1 saturated heterocycles. The fourth-order valence-corrected chi connectivity index (χ4v) is 4.99. The molecule has 3 aromatic carbocycles. The first-order valence-corrected chi connectivity index (χ1v) is 14.6. The molecule has 3 aromatic rings. The summed E-state index contributed by atoms with van der Waals surface area (Å²) in [5, 5.41) is 0. The average molecular weight is 577 g/mol. The van der Waals surface area contributed by atoms with E-state index in [4.69, 9.17) is 29.4 Å². The number of benzene rings is 3. The number of ether oxygens (including phenoxy) is 5. The number of nitrogens with zero attached hydrogens (tertiary/aromatic N) is 1. The molecule has 8 nitrogen and oxygen atoms in total. The van der Waals surface area contributed by atoms with Gasteiger partial charge in [0.2, 0.25) is 0 Å². The average Bonchev–Trinajstić information content (AvgIpc) is 2.98. The van der Waals surface area contributed by atoms with Gasteiger partial charge in [0.15, 0.2) is 0 Å². The van der Waals surface area contributed by atoms with E-state index in [2.05, 4.69) is 12.1 Å². The van der Waals surface area contributed by atoms with E-state index in [0.717, 1.165) is 41.0 Å². The second-order valence-corrected chi connectivity index (χ2v) is 11.5. The van der Waals surface area contributed by atoms with Crippen molar-refractivity contribution in [1.29, 1.82) is 0 Å². The number of nitrogens with two attached hydrogens (primary N) is 1. The van der Waals surface area contributed by atoms with Crippen LogP contribution >= 0.6 is 0 Å². The summed E-state index contributed by atoms with van der Waals surface area (Å²) >= 11 is 0. The molecule has 226 valence electrons. The minimum atomic E-state index is -0.555. The van der Waals surface area contributed by atoms with Gasteiger partial charge < -0.3 is 34.3 Å². The minimum Gasteiger partial charge on any atom is -0.496 e. The number of amides is 1. The quantitative estimate of drug-likeness (QED) is 0.192. The fourth-order valence-electron chi connectivity index (χ4n) is 4.99. The molecule has 1 fully saturated rings. The first-order chi connectivity index (χ1) is 20.2. The lowest BCUT2D eigenvalue weighted by Gasteiger charge is -2.39. The molecular formula is C34H44N2O6. The molecule has 4 rings (SSSR count). The SMILES string of the molecule is COc1ccccc1COCCCOc1ccc(C2CCN(C(=O)OC(C)(C)C)CC2OCc2ccccc2N)cc1. The molecule has 0 bridgehead atoms. The Morgan fingerprint density at radius 1 is 0.929 bits per heavy atom. The molecule has 1 amide bonds. The van der Waals surface area contributed by atoms with E-state index < -0.39 is 5.60 Å². The predicted octanol–water partition coefficient (Wildman–Crippen LogP) is 6.57. The summed E-state index contributed by atoms with van der Waals surface area (Å²) in [6.45, 7) is 8.70. The zero-order valence-corrected chi connectivity index (χ0v) is 25.2. The third-order valence-electron chi connectivity index (χ3n) is 7.18. The first-order valence-electron chi connectivity index (χ1n) is 14.6. The molecule has 0 aliphatic carbocycles. The molecule has 0 aromatic heterocycles. The van der Waals surface area contributed by atoms with Crippen LogP contribution in [0.15, 0.2) is 72.8 Å². The van der Waals surface area contributed by atoms with Crippen LogP contribution in [0.5, 0.6) is 11.5 Å². The Morgan fingerprint density at radius 2 is 1.64 bits per heavy atom. The maximum absolute atomic E-state index is 12.8. The molecular weight excluding hydrogens is 532 g/mol. The number of likely N-dealkylation sites (tertiary alicyclic amines) is 1. The van der Waals surface area contributed by atoms with Crippen molar-refractivity contribution >= 4 is 11.8 Å². The summed E-state index contributed by atoms with van der Waals surface area (Å²) in [6, 6.07) is 23.7. The third kappa shape index (κ3) is 9.13. The number of anilines is 1. The van der Waals surface area contributed by atoms with E-state index in [9.17, 15) is 4.79 Å².